The van der Waals surface area contributed by atoms with Gasteiger partial charge in [-0.3, -0.25) is 4.79 Å². The van der Waals surface area contributed by atoms with Crippen LogP contribution in [0.3, 0.4) is 0 Å². The Kier molecular flexibility index (Phi) is 7.34. The first-order valence-electron chi connectivity index (χ1n) is 7.69. The summed E-state index contributed by atoms with van der Waals surface area (Å²) in [4.78, 5) is 12.1. The zero-order valence-electron chi connectivity index (χ0n) is 14.6. The molecule has 1 aromatic rings. The van der Waals surface area contributed by atoms with Crippen molar-refractivity contribution in [3.05, 3.63) is 29.8 Å². The molecule has 136 valence electrons. The molecule has 1 amide bonds. The van der Waals surface area contributed by atoms with Gasteiger partial charge >= 0.3 is 0 Å². The Morgan fingerprint density at radius 1 is 1.25 bits per heavy atom. The SMILES string of the molecule is COCCNS(=O)(=O)c1ccc(CNC(=O)[C@@H](N)C(C)(C)C)cc1. The van der Waals surface area contributed by atoms with Gasteiger partial charge in [-0.1, -0.05) is 32.9 Å². The van der Waals surface area contributed by atoms with Gasteiger partial charge in [0.25, 0.3) is 0 Å². The normalized spacial score (nSPS) is 13.5. The van der Waals surface area contributed by atoms with Crippen molar-refractivity contribution in [1.29, 1.82) is 0 Å². The molecule has 4 N–H and O–H groups in total. The molecule has 7 nitrogen and oxygen atoms in total. The number of ether oxygens (including phenoxy) is 1. The molecular weight excluding hydrogens is 330 g/mol. The number of benzene rings is 1. The summed E-state index contributed by atoms with van der Waals surface area (Å²) in [5.74, 6) is -0.236. The molecule has 8 heteroatoms. The lowest BCUT2D eigenvalue weighted by atomic mass is 9.87. The lowest BCUT2D eigenvalue weighted by Gasteiger charge is -2.25. The molecule has 0 radical (unpaired) electrons. The number of rotatable bonds is 8. The van der Waals surface area contributed by atoms with Crippen LogP contribution in [0.4, 0.5) is 0 Å². The van der Waals surface area contributed by atoms with Gasteiger partial charge in [0, 0.05) is 20.2 Å². The van der Waals surface area contributed by atoms with Gasteiger partial charge in [0.2, 0.25) is 15.9 Å². The summed E-state index contributed by atoms with van der Waals surface area (Å²) >= 11 is 0. The van der Waals surface area contributed by atoms with E-state index in [0.29, 0.717) is 13.2 Å². The Morgan fingerprint density at radius 3 is 2.33 bits per heavy atom. The largest absolute Gasteiger partial charge is 0.383 e. The predicted molar refractivity (Wildman–Crippen MR) is 92.8 cm³/mol. The van der Waals surface area contributed by atoms with E-state index < -0.39 is 16.1 Å². The Labute approximate surface area is 144 Å². The van der Waals surface area contributed by atoms with Crippen molar-refractivity contribution in [2.24, 2.45) is 11.1 Å². The van der Waals surface area contributed by atoms with E-state index in [1.54, 1.807) is 12.1 Å². The summed E-state index contributed by atoms with van der Waals surface area (Å²) < 4.78 is 31.3. The quantitative estimate of drug-likeness (QED) is 0.590. The number of nitrogens with one attached hydrogen (secondary N) is 2. The van der Waals surface area contributed by atoms with E-state index in [1.807, 2.05) is 20.8 Å². The van der Waals surface area contributed by atoms with Gasteiger partial charge in [0.05, 0.1) is 17.5 Å². The monoisotopic (exact) mass is 357 g/mol. The van der Waals surface area contributed by atoms with Crippen molar-refractivity contribution in [1.82, 2.24) is 10.0 Å². The van der Waals surface area contributed by atoms with E-state index in [2.05, 4.69) is 10.0 Å². The van der Waals surface area contributed by atoms with Crippen molar-refractivity contribution in [3.8, 4) is 0 Å². The summed E-state index contributed by atoms with van der Waals surface area (Å²) in [5.41, 5.74) is 6.36. The third-order valence-corrected chi connectivity index (χ3v) is 4.99. The summed E-state index contributed by atoms with van der Waals surface area (Å²) in [6.07, 6.45) is 0. The van der Waals surface area contributed by atoms with Gasteiger partial charge < -0.3 is 15.8 Å². The zero-order chi connectivity index (χ0) is 18.4. The molecule has 1 atom stereocenters. The molecule has 0 fully saturated rings. The molecule has 0 aliphatic heterocycles. The van der Waals surface area contributed by atoms with Gasteiger partial charge in [-0.25, -0.2) is 13.1 Å². The van der Waals surface area contributed by atoms with Crippen LogP contribution < -0.4 is 15.8 Å². The smallest absolute Gasteiger partial charge is 0.240 e. The third-order valence-electron chi connectivity index (χ3n) is 3.51. The fourth-order valence-electron chi connectivity index (χ4n) is 1.84. The van der Waals surface area contributed by atoms with Crippen LogP contribution in [0.1, 0.15) is 26.3 Å². The van der Waals surface area contributed by atoms with E-state index in [4.69, 9.17) is 10.5 Å². The number of nitrogens with two attached hydrogens (primary N) is 1. The highest BCUT2D eigenvalue weighted by atomic mass is 32.2. The van der Waals surface area contributed by atoms with Crippen molar-refractivity contribution in [3.63, 3.8) is 0 Å². The minimum absolute atomic E-state index is 0.167. The molecule has 0 unspecified atom stereocenters. The lowest BCUT2D eigenvalue weighted by Crippen LogP contribution is -2.48. The molecule has 0 bridgehead atoms. The molecule has 0 aliphatic rings. The summed E-state index contributed by atoms with van der Waals surface area (Å²) in [5, 5.41) is 2.76. The average molecular weight is 357 g/mol. The Morgan fingerprint density at radius 2 is 1.83 bits per heavy atom. The molecule has 0 spiro atoms. The second-order valence-corrected chi connectivity index (χ2v) is 8.36. The maximum absolute atomic E-state index is 12.0. The molecular formula is C16H27N3O4S. The minimum Gasteiger partial charge on any atom is -0.383 e. The molecule has 0 saturated heterocycles. The van der Waals surface area contributed by atoms with Gasteiger partial charge in [-0.15, -0.1) is 0 Å². The fourth-order valence-corrected chi connectivity index (χ4v) is 2.85. The van der Waals surface area contributed by atoms with Crippen molar-refractivity contribution in [2.75, 3.05) is 20.3 Å². The second-order valence-electron chi connectivity index (χ2n) is 6.60. The van der Waals surface area contributed by atoms with E-state index in [-0.39, 0.29) is 22.8 Å². The van der Waals surface area contributed by atoms with Crippen LogP contribution in [0.25, 0.3) is 0 Å². The summed E-state index contributed by atoms with van der Waals surface area (Å²) in [6, 6.07) is 5.71. The Bertz CT molecular complexity index is 636. The fraction of sp³-hybridized carbons (Fsp3) is 0.562. The molecule has 0 aromatic heterocycles. The summed E-state index contributed by atoms with van der Waals surface area (Å²) in [6.45, 7) is 6.49. The molecule has 24 heavy (non-hydrogen) atoms. The maximum atomic E-state index is 12.0. The molecule has 0 aliphatic carbocycles. The Hall–Kier alpha value is -1.48. The first kappa shape index (κ1) is 20.6. The number of carbonyl (C=O) groups excluding carboxylic acids is 1. The highest BCUT2D eigenvalue weighted by Crippen LogP contribution is 2.17. The predicted octanol–water partition coefficient (Wildman–Crippen LogP) is 0.601. The Balaban J connectivity index is 2.64. The highest BCUT2D eigenvalue weighted by molar-refractivity contribution is 7.89. The number of carbonyl (C=O) groups is 1. The van der Waals surface area contributed by atoms with Gasteiger partial charge in [-0.2, -0.15) is 0 Å². The van der Waals surface area contributed by atoms with Crippen LogP contribution in [0.2, 0.25) is 0 Å². The van der Waals surface area contributed by atoms with Crippen LogP contribution in [0, 0.1) is 5.41 Å². The molecule has 0 saturated carbocycles. The van der Waals surface area contributed by atoms with Crippen molar-refractivity contribution < 1.29 is 17.9 Å². The van der Waals surface area contributed by atoms with Gasteiger partial charge in [0.15, 0.2) is 0 Å². The average Bonchev–Trinajstić information content (AvgIpc) is 2.51. The molecule has 1 aromatic carbocycles. The van der Waals surface area contributed by atoms with Gasteiger partial charge in [0.1, 0.15) is 0 Å². The van der Waals surface area contributed by atoms with E-state index in [9.17, 15) is 13.2 Å². The highest BCUT2D eigenvalue weighted by Gasteiger charge is 2.27. The maximum Gasteiger partial charge on any atom is 0.240 e. The van der Waals surface area contributed by atoms with Crippen molar-refractivity contribution in [2.45, 2.75) is 38.3 Å². The van der Waals surface area contributed by atoms with Crippen LogP contribution in [-0.4, -0.2) is 40.6 Å². The third kappa shape index (κ3) is 6.20. The standard InChI is InChI=1S/C16H27N3O4S/c1-16(2,3)14(17)15(20)18-11-12-5-7-13(8-6-12)24(21,22)19-9-10-23-4/h5-8,14,19H,9-11,17H2,1-4H3,(H,18,20)/t14-/m1/s1. The number of hydrogen-bond donors (Lipinski definition) is 3. The first-order valence-corrected chi connectivity index (χ1v) is 9.17. The lowest BCUT2D eigenvalue weighted by molar-refractivity contribution is -0.124. The zero-order valence-corrected chi connectivity index (χ0v) is 15.4. The number of amides is 1. The minimum atomic E-state index is -3.55. The van der Waals surface area contributed by atoms with Crippen LogP contribution >= 0.6 is 0 Å². The van der Waals surface area contributed by atoms with E-state index >= 15 is 0 Å². The topological polar surface area (TPSA) is 111 Å². The number of sulfonamides is 1. The van der Waals surface area contributed by atoms with Crippen LogP contribution in [-0.2, 0) is 26.1 Å². The molecule has 1 rings (SSSR count). The van der Waals surface area contributed by atoms with Crippen LogP contribution in [0.15, 0.2) is 29.2 Å². The van der Waals surface area contributed by atoms with Crippen molar-refractivity contribution >= 4 is 15.9 Å². The van der Waals surface area contributed by atoms with E-state index in [1.165, 1.54) is 19.2 Å². The van der Waals surface area contributed by atoms with Gasteiger partial charge in [-0.05, 0) is 23.1 Å². The number of hydrogen-bond acceptors (Lipinski definition) is 5. The summed E-state index contributed by atoms with van der Waals surface area (Å²) in [7, 11) is -2.05. The van der Waals surface area contributed by atoms with E-state index in [0.717, 1.165) is 5.56 Å². The number of methoxy groups -OCH3 is 1. The van der Waals surface area contributed by atoms with Crippen LogP contribution in [0.5, 0.6) is 0 Å². The molecule has 0 heterocycles. The first-order chi connectivity index (χ1) is 11.1. The second kappa shape index (κ2) is 8.57.